The third-order valence-corrected chi connectivity index (χ3v) is 4.30. The summed E-state index contributed by atoms with van der Waals surface area (Å²) in [5, 5.41) is 3.27. The van der Waals surface area contributed by atoms with E-state index in [2.05, 4.69) is 33.0 Å². The highest BCUT2D eigenvalue weighted by molar-refractivity contribution is 7.91. The fourth-order valence-electron chi connectivity index (χ4n) is 2.53. The molecule has 1 saturated heterocycles. The third-order valence-electron chi connectivity index (χ3n) is 2.76. The molecule has 0 bridgehead atoms. The Hall–Kier alpha value is -0.0900. The first-order valence-corrected chi connectivity index (χ1v) is 6.96. The van der Waals surface area contributed by atoms with Crippen LogP contribution in [0.3, 0.4) is 0 Å². The average Bonchev–Trinajstić information content (AvgIpc) is 1.76. The van der Waals surface area contributed by atoms with Gasteiger partial charge in [0, 0.05) is 17.3 Å². The Morgan fingerprint density at radius 1 is 1.07 bits per heavy atom. The molecule has 0 saturated carbocycles. The second kappa shape index (κ2) is 3.20. The zero-order valence-corrected chi connectivity index (χ0v) is 10.5. The van der Waals surface area contributed by atoms with E-state index < -0.39 is 9.84 Å². The monoisotopic (exact) mass is 219 g/mol. The fourth-order valence-corrected chi connectivity index (χ4v) is 3.97. The van der Waals surface area contributed by atoms with Crippen LogP contribution >= 0.6 is 0 Å². The summed E-state index contributed by atoms with van der Waals surface area (Å²) in [4.78, 5) is 0. The molecule has 14 heavy (non-hydrogen) atoms. The lowest BCUT2D eigenvalue weighted by atomic mass is 9.82. The Morgan fingerprint density at radius 3 is 1.71 bits per heavy atom. The molecule has 0 aromatic carbocycles. The maximum absolute atomic E-state index is 11.5. The van der Waals surface area contributed by atoms with Crippen molar-refractivity contribution in [1.82, 2.24) is 5.32 Å². The molecule has 0 radical (unpaired) electrons. The van der Waals surface area contributed by atoms with E-state index in [9.17, 15) is 8.42 Å². The summed E-state index contributed by atoms with van der Waals surface area (Å²) in [5.41, 5.74) is -0.176. The van der Waals surface area contributed by atoms with Gasteiger partial charge in [0.15, 0.2) is 0 Å². The van der Waals surface area contributed by atoms with Crippen LogP contribution in [0.25, 0.3) is 0 Å². The van der Waals surface area contributed by atoms with E-state index >= 15 is 0 Å². The predicted octanol–water partition coefficient (Wildman–Crippen LogP) is 1.34. The van der Waals surface area contributed by atoms with Crippen LogP contribution in [-0.4, -0.2) is 31.0 Å². The number of hydrogen-bond donors (Lipinski definition) is 1. The maximum atomic E-state index is 11.5. The topological polar surface area (TPSA) is 46.2 Å². The van der Waals surface area contributed by atoms with Gasteiger partial charge in [0.05, 0.1) is 5.25 Å². The first-order valence-electron chi connectivity index (χ1n) is 5.00. The number of nitrogens with one attached hydrogen (secondary N) is 1. The van der Waals surface area contributed by atoms with E-state index in [0.29, 0.717) is 12.8 Å². The Bertz CT molecular complexity index is 301. The van der Waals surface area contributed by atoms with E-state index in [4.69, 9.17) is 0 Å². The molecule has 0 aromatic heterocycles. The summed E-state index contributed by atoms with van der Waals surface area (Å²) in [6, 6.07) is 0. The Balaban J connectivity index is 2.93. The zero-order valence-electron chi connectivity index (χ0n) is 9.72. The number of hydrogen-bond acceptors (Lipinski definition) is 3. The van der Waals surface area contributed by atoms with Crippen molar-refractivity contribution in [2.75, 3.05) is 6.26 Å². The minimum absolute atomic E-state index is 0.0878. The van der Waals surface area contributed by atoms with Crippen LogP contribution in [0.5, 0.6) is 0 Å². The van der Waals surface area contributed by atoms with Crippen molar-refractivity contribution in [1.29, 1.82) is 0 Å². The Morgan fingerprint density at radius 2 is 1.43 bits per heavy atom. The summed E-state index contributed by atoms with van der Waals surface area (Å²) in [5.74, 6) is 0. The van der Waals surface area contributed by atoms with Gasteiger partial charge in [-0.15, -0.1) is 0 Å². The molecule has 1 fully saturated rings. The zero-order chi connectivity index (χ0) is 11.2. The molecule has 0 atom stereocenters. The SMILES string of the molecule is CC1(C)CC(S(C)(=O)=O)CC(C)(C)N1. The Labute approximate surface area is 87.2 Å². The van der Waals surface area contributed by atoms with Crippen molar-refractivity contribution in [3.63, 3.8) is 0 Å². The summed E-state index contributed by atoms with van der Waals surface area (Å²) < 4.78 is 23.1. The van der Waals surface area contributed by atoms with Crippen LogP contribution in [0.2, 0.25) is 0 Å². The first-order chi connectivity index (χ1) is 6.02. The van der Waals surface area contributed by atoms with Gasteiger partial charge in [0.25, 0.3) is 0 Å². The van der Waals surface area contributed by atoms with Gasteiger partial charge >= 0.3 is 0 Å². The van der Waals surface area contributed by atoms with Crippen LogP contribution in [0.4, 0.5) is 0 Å². The van der Waals surface area contributed by atoms with Crippen LogP contribution in [0.1, 0.15) is 40.5 Å². The molecule has 1 N–H and O–H groups in total. The standard InChI is InChI=1S/C10H21NO2S/c1-9(2)6-8(14(5,12)13)7-10(3,4)11-9/h8,11H,6-7H2,1-5H3. The molecule has 0 spiro atoms. The lowest BCUT2D eigenvalue weighted by Gasteiger charge is -2.45. The molecule has 84 valence electrons. The molecule has 1 rings (SSSR count). The molecule has 3 nitrogen and oxygen atoms in total. The molecule has 0 amide bonds. The minimum Gasteiger partial charge on any atom is -0.307 e. The fraction of sp³-hybridized carbons (Fsp3) is 1.00. The average molecular weight is 219 g/mol. The highest BCUT2D eigenvalue weighted by Crippen LogP contribution is 2.31. The Kier molecular flexibility index (Phi) is 2.74. The molecular weight excluding hydrogens is 198 g/mol. The molecular formula is C10H21NO2S. The highest BCUT2D eigenvalue weighted by atomic mass is 32.2. The van der Waals surface area contributed by atoms with Gasteiger partial charge in [-0.2, -0.15) is 0 Å². The van der Waals surface area contributed by atoms with Gasteiger partial charge < -0.3 is 5.32 Å². The van der Waals surface area contributed by atoms with Crippen LogP contribution < -0.4 is 5.32 Å². The van der Waals surface area contributed by atoms with Crippen molar-refractivity contribution in [2.24, 2.45) is 0 Å². The van der Waals surface area contributed by atoms with Crippen LogP contribution in [-0.2, 0) is 9.84 Å². The molecule has 1 aliphatic heterocycles. The summed E-state index contributed by atoms with van der Waals surface area (Å²) >= 11 is 0. The molecule has 1 heterocycles. The quantitative estimate of drug-likeness (QED) is 0.724. The van der Waals surface area contributed by atoms with Gasteiger partial charge in [-0.1, -0.05) is 0 Å². The summed E-state index contributed by atoms with van der Waals surface area (Å²) in [7, 11) is -2.91. The lowest BCUT2D eigenvalue weighted by Crippen LogP contribution is -2.60. The smallest absolute Gasteiger partial charge is 0.150 e. The van der Waals surface area contributed by atoms with E-state index in [-0.39, 0.29) is 16.3 Å². The second-order valence-electron chi connectivity index (χ2n) is 5.75. The van der Waals surface area contributed by atoms with Gasteiger partial charge in [-0.05, 0) is 40.5 Å². The van der Waals surface area contributed by atoms with E-state index in [0.717, 1.165) is 0 Å². The van der Waals surface area contributed by atoms with Gasteiger partial charge in [-0.25, -0.2) is 8.42 Å². The van der Waals surface area contributed by atoms with E-state index in [1.165, 1.54) is 6.26 Å². The number of sulfone groups is 1. The van der Waals surface area contributed by atoms with Crippen LogP contribution in [0, 0.1) is 0 Å². The number of piperidine rings is 1. The maximum Gasteiger partial charge on any atom is 0.150 e. The van der Waals surface area contributed by atoms with E-state index in [1.807, 2.05) is 0 Å². The van der Waals surface area contributed by atoms with Gasteiger partial charge in [0.1, 0.15) is 9.84 Å². The van der Waals surface area contributed by atoms with Crippen molar-refractivity contribution < 1.29 is 8.42 Å². The normalized spacial score (nSPS) is 27.5. The molecule has 0 aromatic rings. The largest absolute Gasteiger partial charge is 0.307 e. The first kappa shape index (κ1) is 12.0. The molecule has 0 aliphatic carbocycles. The lowest BCUT2D eigenvalue weighted by molar-refractivity contribution is 0.185. The van der Waals surface area contributed by atoms with E-state index in [1.54, 1.807) is 0 Å². The molecule has 0 unspecified atom stereocenters. The second-order valence-corrected chi connectivity index (χ2v) is 8.08. The van der Waals surface area contributed by atoms with Crippen molar-refractivity contribution in [3.8, 4) is 0 Å². The van der Waals surface area contributed by atoms with Gasteiger partial charge in [0.2, 0.25) is 0 Å². The summed E-state index contributed by atoms with van der Waals surface area (Å²) in [6.45, 7) is 8.25. The third kappa shape index (κ3) is 2.95. The number of rotatable bonds is 1. The summed E-state index contributed by atoms with van der Waals surface area (Å²) in [6.07, 6.45) is 2.75. The van der Waals surface area contributed by atoms with Crippen molar-refractivity contribution in [3.05, 3.63) is 0 Å². The van der Waals surface area contributed by atoms with Crippen molar-refractivity contribution in [2.45, 2.75) is 56.9 Å². The predicted molar refractivity (Wildman–Crippen MR) is 59.2 cm³/mol. The minimum atomic E-state index is -2.91. The van der Waals surface area contributed by atoms with Crippen molar-refractivity contribution >= 4 is 9.84 Å². The van der Waals surface area contributed by atoms with Crippen LogP contribution in [0.15, 0.2) is 0 Å². The molecule has 1 aliphatic rings. The molecule has 4 heteroatoms. The van der Waals surface area contributed by atoms with Gasteiger partial charge in [-0.3, -0.25) is 0 Å². The highest BCUT2D eigenvalue weighted by Gasteiger charge is 2.41.